The number of amides is 2. The van der Waals surface area contributed by atoms with Crippen LogP contribution in [0.4, 0.5) is 0 Å². The molecule has 1 aromatic rings. The molecule has 0 radical (unpaired) electrons. The molecular formula is C10H6ClNO3. The van der Waals surface area contributed by atoms with E-state index in [1.54, 1.807) is 24.3 Å². The van der Waals surface area contributed by atoms with Gasteiger partial charge in [-0.25, -0.2) is 0 Å². The van der Waals surface area contributed by atoms with Gasteiger partial charge in [-0.15, -0.1) is 0 Å². The van der Waals surface area contributed by atoms with Crippen LogP contribution >= 0.6 is 11.6 Å². The predicted octanol–water partition coefficient (Wildman–Crippen LogP) is 1.05. The van der Waals surface area contributed by atoms with Crippen LogP contribution in [0, 0.1) is 0 Å². The van der Waals surface area contributed by atoms with Gasteiger partial charge in [0, 0.05) is 0 Å². The Balaban J connectivity index is 2.41. The van der Waals surface area contributed by atoms with Crippen molar-refractivity contribution in [3.05, 3.63) is 35.4 Å². The second kappa shape index (κ2) is 3.47. The summed E-state index contributed by atoms with van der Waals surface area (Å²) in [6.07, 6.45) is 0. The molecule has 15 heavy (non-hydrogen) atoms. The van der Waals surface area contributed by atoms with E-state index in [4.69, 9.17) is 11.6 Å². The van der Waals surface area contributed by atoms with Gasteiger partial charge in [-0.3, -0.25) is 19.3 Å². The molecule has 0 fully saturated rings. The van der Waals surface area contributed by atoms with E-state index in [9.17, 15) is 14.4 Å². The number of imide groups is 1. The summed E-state index contributed by atoms with van der Waals surface area (Å²) >= 11 is 5.15. The van der Waals surface area contributed by atoms with Crippen LogP contribution < -0.4 is 0 Å². The highest BCUT2D eigenvalue weighted by Gasteiger charge is 2.35. The van der Waals surface area contributed by atoms with Crippen LogP contribution in [0.5, 0.6) is 0 Å². The number of hydrogen-bond acceptors (Lipinski definition) is 3. The van der Waals surface area contributed by atoms with Crippen molar-refractivity contribution >= 4 is 28.7 Å². The SMILES string of the molecule is O=C1c2ccccc2C(=O)[15N]1C[13C](=O)Cl. The van der Waals surface area contributed by atoms with Crippen LogP contribution in [-0.2, 0) is 4.79 Å². The highest BCUT2D eigenvalue weighted by Crippen LogP contribution is 2.22. The maximum Gasteiger partial charge on any atom is 0.262 e. The molecule has 2 amide bonds. The van der Waals surface area contributed by atoms with Crippen LogP contribution in [0.25, 0.3) is 0 Å². The van der Waals surface area contributed by atoms with Gasteiger partial charge in [-0.05, 0) is 23.7 Å². The van der Waals surface area contributed by atoms with Crippen LogP contribution in [0.2, 0.25) is 0 Å². The smallest absolute Gasteiger partial charge is 0.262 e. The Labute approximate surface area is 90.4 Å². The van der Waals surface area contributed by atoms with Crippen LogP contribution in [0.3, 0.4) is 0 Å². The summed E-state index contributed by atoms with van der Waals surface area (Å²) in [6, 6.07) is 6.43. The maximum absolute atomic E-state index is 11.6. The summed E-state index contributed by atoms with van der Waals surface area (Å²) in [5, 5.41) is -0.732. The highest BCUT2D eigenvalue weighted by atomic mass is 35.5. The van der Waals surface area contributed by atoms with Crippen LogP contribution in [0.15, 0.2) is 24.3 Å². The molecule has 4 nitrogen and oxygen atoms in total. The van der Waals surface area contributed by atoms with E-state index in [0.29, 0.717) is 11.1 Å². The van der Waals surface area contributed by atoms with Gasteiger partial charge in [0.05, 0.1) is 11.1 Å². The number of halogens is 1. The maximum atomic E-state index is 11.6. The third kappa shape index (κ3) is 1.53. The zero-order valence-corrected chi connectivity index (χ0v) is 8.32. The van der Waals surface area contributed by atoms with Crippen molar-refractivity contribution in [2.75, 3.05) is 6.54 Å². The summed E-state index contributed by atoms with van der Waals surface area (Å²) in [4.78, 5) is 34.8. The fraction of sp³-hybridized carbons (Fsp3) is 0.100. The third-order valence-electron chi connectivity index (χ3n) is 2.16. The first-order chi connectivity index (χ1) is 7.11. The highest BCUT2D eigenvalue weighted by molar-refractivity contribution is 6.64. The fourth-order valence-corrected chi connectivity index (χ4v) is 1.63. The van der Waals surface area contributed by atoms with Gasteiger partial charge in [0.2, 0.25) is 5.24 Å². The molecule has 1 aliphatic rings. The number of carbonyl (C=O) groups is 3. The van der Waals surface area contributed by atoms with Crippen molar-refractivity contribution in [2.24, 2.45) is 0 Å². The summed E-state index contributed by atoms with van der Waals surface area (Å²) < 4.78 is 0. The van der Waals surface area contributed by atoms with Crippen molar-refractivity contribution in [3.8, 4) is 0 Å². The quantitative estimate of drug-likeness (QED) is 0.327. The lowest BCUT2D eigenvalue weighted by Crippen LogP contribution is -2.33. The molecule has 0 unspecified atom stereocenters. The molecule has 0 N–H and O–H groups in total. The lowest BCUT2D eigenvalue weighted by atomic mass is 10.1. The van der Waals surface area contributed by atoms with Gasteiger partial charge < -0.3 is 0 Å². The molecule has 2 rings (SSSR count). The predicted molar refractivity (Wildman–Crippen MR) is 52.7 cm³/mol. The molecule has 1 aromatic carbocycles. The van der Waals surface area contributed by atoms with Gasteiger partial charge in [0.1, 0.15) is 6.54 Å². The largest absolute Gasteiger partial charge is 0.279 e. The zero-order valence-electron chi connectivity index (χ0n) is 7.57. The minimum atomic E-state index is -0.732. The Morgan fingerprint density at radius 1 is 1.13 bits per heavy atom. The van der Waals surface area contributed by atoms with Crippen molar-refractivity contribution in [1.82, 2.24) is 4.90 Å². The van der Waals surface area contributed by atoms with Crippen molar-refractivity contribution in [1.29, 1.82) is 0 Å². The Kier molecular flexibility index (Phi) is 2.28. The normalized spacial score (nSPS) is 14.3. The number of fused-ring (bicyclic) bond motifs is 1. The third-order valence-corrected chi connectivity index (χ3v) is 2.28. The van der Waals surface area contributed by atoms with Gasteiger partial charge in [0.15, 0.2) is 0 Å². The van der Waals surface area contributed by atoms with Crippen molar-refractivity contribution in [2.45, 2.75) is 0 Å². The molecule has 76 valence electrons. The van der Waals surface area contributed by atoms with Gasteiger partial charge in [-0.2, -0.15) is 0 Å². The molecule has 0 atom stereocenters. The Bertz CT molecular complexity index is 434. The summed E-state index contributed by atoms with van der Waals surface area (Å²) in [6.45, 7) is -0.381. The molecule has 0 saturated carbocycles. The van der Waals surface area contributed by atoms with E-state index in [1.165, 1.54) is 0 Å². The molecule has 1 heterocycles. The van der Waals surface area contributed by atoms with Crippen LogP contribution in [0.1, 0.15) is 20.7 Å². The van der Waals surface area contributed by atoms with E-state index in [2.05, 4.69) is 0 Å². The minimum absolute atomic E-state index is 0.320. The lowest BCUT2D eigenvalue weighted by molar-refractivity contribution is -0.112. The van der Waals surface area contributed by atoms with E-state index in [0.717, 1.165) is 4.90 Å². The molecule has 0 spiro atoms. The number of nitrogens with zero attached hydrogens (tertiary/aromatic N) is 1. The Morgan fingerprint density at radius 3 is 2.00 bits per heavy atom. The Morgan fingerprint density at radius 2 is 1.60 bits per heavy atom. The van der Waals surface area contributed by atoms with Gasteiger partial charge in [0.25, 0.3) is 11.8 Å². The monoisotopic (exact) mass is 225 g/mol. The first-order valence-corrected chi connectivity index (χ1v) is 4.62. The average molecular weight is 226 g/mol. The molecule has 5 heteroatoms. The number of rotatable bonds is 2. The number of hydrogen-bond donors (Lipinski definition) is 0. The summed E-state index contributed by atoms with van der Waals surface area (Å²) in [5.41, 5.74) is 0.640. The minimum Gasteiger partial charge on any atom is -0.279 e. The standard InChI is InChI=1S/C10H6ClNO3/c11-8(13)5-12-9(14)6-3-1-2-4-7(6)10(12)15/h1-4H,5H2/i8+1,12+1. The molecule has 0 saturated heterocycles. The first-order valence-electron chi connectivity index (χ1n) is 4.25. The topological polar surface area (TPSA) is 54.5 Å². The van der Waals surface area contributed by atoms with Gasteiger partial charge in [-0.1, -0.05) is 12.1 Å². The molecule has 1 aliphatic heterocycles. The van der Waals surface area contributed by atoms with E-state index < -0.39 is 17.1 Å². The average Bonchev–Trinajstić information content (AvgIpc) is 2.44. The zero-order chi connectivity index (χ0) is 11.0. The molecular weight excluding hydrogens is 220 g/mol. The Hall–Kier alpha value is -1.68. The number of benzene rings is 1. The molecule has 0 aliphatic carbocycles. The second-order valence-electron chi connectivity index (χ2n) is 3.10. The van der Waals surface area contributed by atoms with Crippen molar-refractivity contribution in [3.63, 3.8) is 0 Å². The van der Waals surface area contributed by atoms with E-state index in [-0.39, 0.29) is 6.54 Å². The van der Waals surface area contributed by atoms with E-state index in [1.807, 2.05) is 0 Å². The van der Waals surface area contributed by atoms with E-state index >= 15 is 0 Å². The molecule has 0 aromatic heterocycles. The summed E-state index contributed by atoms with van der Waals surface area (Å²) in [7, 11) is 0. The second-order valence-corrected chi connectivity index (χ2v) is 3.52. The van der Waals surface area contributed by atoms with Crippen molar-refractivity contribution < 1.29 is 14.4 Å². The van der Waals surface area contributed by atoms with Crippen LogP contribution in [-0.4, -0.2) is 28.5 Å². The first kappa shape index (κ1) is 9.86. The summed E-state index contributed by atoms with van der Waals surface area (Å²) in [5.74, 6) is -0.936. The molecule has 0 bridgehead atoms. The van der Waals surface area contributed by atoms with Gasteiger partial charge >= 0.3 is 0 Å². The fourth-order valence-electron chi connectivity index (χ4n) is 1.51. The lowest BCUT2D eigenvalue weighted by Gasteiger charge is -2.09. The number of carbonyl (C=O) groups excluding carboxylic acids is 3.